The average Bonchev–Trinajstić information content (AvgIpc) is 2.53. The Morgan fingerprint density at radius 3 is 2.55 bits per heavy atom. The van der Waals surface area contributed by atoms with E-state index in [1.54, 1.807) is 0 Å². The second-order valence-corrected chi connectivity index (χ2v) is 9.37. The number of halogens is 2. The van der Waals surface area contributed by atoms with Gasteiger partial charge in [0.15, 0.2) is 0 Å². The molecule has 1 aromatic carbocycles. The third-order valence-corrected chi connectivity index (χ3v) is 7.53. The van der Waals surface area contributed by atoms with Crippen molar-refractivity contribution in [3.8, 4) is 0 Å². The van der Waals surface area contributed by atoms with Crippen LogP contribution in [0.4, 0.5) is 0 Å². The standard InChI is InChI=1S/C15H22BI2O2/c1-2-18-12-14(11-17)10-13-4-6-15(7-5-13)16-19-8-3-9-20-16/h4-7,14H,2-3,8-12H2,1H3/q-1. The summed E-state index contributed by atoms with van der Waals surface area (Å²) >= 11 is 2.96. The van der Waals surface area contributed by atoms with Crippen molar-refractivity contribution in [2.75, 3.05) is 26.5 Å². The number of rotatable bonds is 7. The van der Waals surface area contributed by atoms with Crippen molar-refractivity contribution in [3.63, 3.8) is 0 Å². The van der Waals surface area contributed by atoms with Crippen molar-refractivity contribution in [3.05, 3.63) is 29.8 Å². The summed E-state index contributed by atoms with van der Waals surface area (Å²) in [5, 5.41) is 0. The first-order valence-corrected chi connectivity index (χ1v) is 11.8. The van der Waals surface area contributed by atoms with Crippen LogP contribution in [0.3, 0.4) is 0 Å². The van der Waals surface area contributed by atoms with Crippen LogP contribution in [-0.4, -0.2) is 33.6 Å². The molecule has 0 saturated carbocycles. The zero-order valence-electron chi connectivity index (χ0n) is 12.0. The first kappa shape index (κ1) is 17.0. The molecular formula is C15H22BI2O2-. The molecule has 5 heteroatoms. The predicted molar refractivity (Wildman–Crippen MR) is 89.8 cm³/mol. The van der Waals surface area contributed by atoms with E-state index in [1.807, 2.05) is 0 Å². The monoisotopic (exact) mass is 499 g/mol. The molecule has 20 heavy (non-hydrogen) atoms. The van der Waals surface area contributed by atoms with E-state index in [4.69, 9.17) is 9.31 Å². The quantitative estimate of drug-likeness (QED) is 0.287. The normalized spacial score (nSPS) is 17.4. The molecule has 0 radical (unpaired) electrons. The van der Waals surface area contributed by atoms with Gasteiger partial charge in [-0.3, -0.25) is 0 Å². The Labute approximate surface area is 146 Å². The Morgan fingerprint density at radius 2 is 1.95 bits per heavy atom. The molecule has 0 aromatic heterocycles. The molecule has 1 aliphatic rings. The van der Waals surface area contributed by atoms with Gasteiger partial charge in [-0.15, -0.1) is 0 Å². The third-order valence-electron chi connectivity index (χ3n) is 3.34. The zero-order chi connectivity index (χ0) is 14.2. The summed E-state index contributed by atoms with van der Waals surface area (Å²) in [5.74, 6) is 0.858. The summed E-state index contributed by atoms with van der Waals surface area (Å²) in [5.41, 5.74) is 2.60. The van der Waals surface area contributed by atoms with E-state index in [1.165, 1.54) is 25.3 Å². The summed E-state index contributed by atoms with van der Waals surface area (Å²) in [6, 6.07) is 8.84. The molecule has 1 fully saturated rings. The van der Waals surface area contributed by atoms with Gasteiger partial charge in [-0.05, 0) is 0 Å². The SMILES string of the molecule is CC[I-]CC(CI)Cc1ccc(B2OCCCO2)cc1. The molecule has 1 saturated heterocycles. The van der Waals surface area contributed by atoms with E-state index < -0.39 is 0 Å². The van der Waals surface area contributed by atoms with Gasteiger partial charge < -0.3 is 0 Å². The summed E-state index contributed by atoms with van der Waals surface area (Å²) < 4.78 is 15.4. The van der Waals surface area contributed by atoms with E-state index in [2.05, 4.69) is 53.8 Å². The molecule has 2 nitrogen and oxygen atoms in total. The molecule has 0 spiro atoms. The first-order valence-electron chi connectivity index (χ1n) is 7.25. The first-order chi connectivity index (χ1) is 9.83. The van der Waals surface area contributed by atoms with Gasteiger partial charge in [0.2, 0.25) is 0 Å². The van der Waals surface area contributed by atoms with Crippen LogP contribution in [0, 0.1) is 5.92 Å². The Kier molecular flexibility index (Phi) is 8.20. The third kappa shape index (κ3) is 5.46. The second kappa shape index (κ2) is 9.64. The fourth-order valence-electron chi connectivity index (χ4n) is 2.24. The molecule has 0 bridgehead atoms. The van der Waals surface area contributed by atoms with Gasteiger partial charge in [-0.2, -0.15) is 0 Å². The van der Waals surface area contributed by atoms with Crippen LogP contribution in [0.1, 0.15) is 18.9 Å². The molecule has 1 aliphatic heterocycles. The van der Waals surface area contributed by atoms with Crippen molar-refractivity contribution < 1.29 is 30.5 Å². The van der Waals surface area contributed by atoms with Gasteiger partial charge in [0.05, 0.1) is 0 Å². The summed E-state index contributed by atoms with van der Waals surface area (Å²) in [4.78, 5) is 0. The van der Waals surface area contributed by atoms with Gasteiger partial charge in [0, 0.05) is 0 Å². The van der Waals surface area contributed by atoms with Gasteiger partial charge in [-0.1, -0.05) is 0 Å². The molecule has 1 heterocycles. The van der Waals surface area contributed by atoms with Crippen molar-refractivity contribution >= 4 is 35.2 Å². The number of hydrogen-bond donors (Lipinski definition) is 0. The summed E-state index contributed by atoms with van der Waals surface area (Å²) in [6.45, 7) is 3.94. The molecule has 1 aromatic rings. The zero-order valence-corrected chi connectivity index (χ0v) is 16.3. The van der Waals surface area contributed by atoms with Crippen molar-refractivity contribution in [1.82, 2.24) is 0 Å². The minimum atomic E-state index is -0.149. The van der Waals surface area contributed by atoms with E-state index in [9.17, 15) is 0 Å². The topological polar surface area (TPSA) is 18.5 Å². The molecule has 0 aliphatic carbocycles. The summed E-state index contributed by atoms with van der Waals surface area (Å²) in [7, 11) is -0.149. The fraction of sp³-hybridized carbons (Fsp3) is 0.600. The summed E-state index contributed by atoms with van der Waals surface area (Å²) in [6.07, 6.45) is 2.22. The number of hydrogen-bond acceptors (Lipinski definition) is 2. The van der Waals surface area contributed by atoms with Crippen molar-refractivity contribution in [1.29, 1.82) is 0 Å². The van der Waals surface area contributed by atoms with E-state index in [0.29, 0.717) is 21.2 Å². The van der Waals surface area contributed by atoms with Crippen LogP contribution in [0.25, 0.3) is 0 Å². The van der Waals surface area contributed by atoms with Crippen LogP contribution in [-0.2, 0) is 15.7 Å². The molecule has 2 rings (SSSR count). The van der Waals surface area contributed by atoms with Crippen LogP contribution in [0.15, 0.2) is 24.3 Å². The second-order valence-electron chi connectivity index (χ2n) is 5.00. The molecule has 0 N–H and O–H groups in total. The van der Waals surface area contributed by atoms with Crippen LogP contribution >= 0.6 is 22.6 Å². The van der Waals surface area contributed by atoms with Crippen LogP contribution in [0.2, 0.25) is 0 Å². The number of alkyl halides is 3. The fourth-order valence-corrected chi connectivity index (χ4v) is 6.18. The minimum absolute atomic E-state index is 0.149. The van der Waals surface area contributed by atoms with Gasteiger partial charge in [-0.25, -0.2) is 0 Å². The van der Waals surface area contributed by atoms with Crippen LogP contribution < -0.4 is 26.7 Å². The van der Waals surface area contributed by atoms with Crippen molar-refractivity contribution in [2.45, 2.75) is 19.8 Å². The van der Waals surface area contributed by atoms with E-state index in [-0.39, 0.29) is 7.12 Å². The van der Waals surface area contributed by atoms with Crippen LogP contribution in [0.5, 0.6) is 0 Å². The van der Waals surface area contributed by atoms with Gasteiger partial charge >= 0.3 is 148 Å². The average molecular weight is 499 g/mol. The molecule has 0 amide bonds. The maximum atomic E-state index is 5.64. The predicted octanol–water partition coefficient (Wildman–Crippen LogP) is -0.479. The molecule has 1 atom stereocenters. The Hall–Kier alpha value is 0.665. The van der Waals surface area contributed by atoms with E-state index >= 15 is 0 Å². The molecular weight excluding hydrogens is 477 g/mol. The molecule has 112 valence electrons. The van der Waals surface area contributed by atoms with Gasteiger partial charge in [0.1, 0.15) is 0 Å². The van der Waals surface area contributed by atoms with Crippen molar-refractivity contribution in [2.24, 2.45) is 5.92 Å². The molecule has 1 unspecified atom stereocenters. The number of benzene rings is 1. The van der Waals surface area contributed by atoms with Gasteiger partial charge in [0.25, 0.3) is 0 Å². The van der Waals surface area contributed by atoms with E-state index in [0.717, 1.165) is 31.0 Å². The maximum absolute atomic E-state index is 5.64. The Bertz CT molecular complexity index is 380. The Morgan fingerprint density at radius 1 is 1.25 bits per heavy atom. The Balaban J connectivity index is 1.89.